The number of thioether (sulfide) groups is 1. The third-order valence-corrected chi connectivity index (χ3v) is 6.72. The van der Waals surface area contributed by atoms with E-state index >= 15 is 0 Å². The number of hydrogen-bond donors (Lipinski definition) is 1. The fourth-order valence-corrected chi connectivity index (χ4v) is 4.63. The standard InChI is InChI=1S/C25H26N4O3S/c30-24(26-15-18-4-10-22-23(14-18)32-17-31-22)16-33-25-11-9-21(27-28-25)19-5-7-20(8-6-19)29-12-2-1-3-13-29/h4-11,14H,1-3,12-13,15-17H2,(H,26,30). The van der Waals surface area contributed by atoms with Crippen molar-refractivity contribution < 1.29 is 14.3 Å². The normalized spacial score (nSPS) is 14.8. The van der Waals surface area contributed by atoms with Gasteiger partial charge in [0.25, 0.3) is 0 Å². The van der Waals surface area contributed by atoms with Gasteiger partial charge in [-0.3, -0.25) is 4.79 Å². The van der Waals surface area contributed by atoms with E-state index in [1.54, 1.807) is 0 Å². The van der Waals surface area contributed by atoms with Crippen LogP contribution >= 0.6 is 11.8 Å². The molecule has 0 radical (unpaired) electrons. The quantitative estimate of drug-likeness (QED) is 0.526. The average molecular weight is 463 g/mol. The van der Waals surface area contributed by atoms with E-state index in [9.17, 15) is 4.79 Å². The molecule has 2 aliphatic heterocycles. The topological polar surface area (TPSA) is 76.6 Å². The van der Waals surface area contributed by atoms with Crippen molar-refractivity contribution in [1.29, 1.82) is 0 Å². The van der Waals surface area contributed by atoms with Crippen molar-refractivity contribution in [3.8, 4) is 22.8 Å². The Morgan fingerprint density at radius 3 is 2.55 bits per heavy atom. The number of piperidine rings is 1. The Kier molecular flexibility index (Phi) is 6.62. The molecular weight excluding hydrogens is 436 g/mol. The first-order valence-corrected chi connectivity index (χ1v) is 12.2. The predicted octanol–water partition coefficient (Wildman–Crippen LogP) is 4.27. The minimum Gasteiger partial charge on any atom is -0.454 e. The van der Waals surface area contributed by atoms with E-state index in [0.29, 0.717) is 12.3 Å². The van der Waals surface area contributed by atoms with Crippen molar-refractivity contribution in [3.63, 3.8) is 0 Å². The Bertz CT molecular complexity index is 1100. The number of fused-ring (bicyclic) bond motifs is 1. The molecule has 0 spiro atoms. The van der Waals surface area contributed by atoms with Crippen LogP contribution in [-0.2, 0) is 11.3 Å². The lowest BCUT2D eigenvalue weighted by Crippen LogP contribution is -2.29. The number of aromatic nitrogens is 2. The molecule has 0 saturated carbocycles. The summed E-state index contributed by atoms with van der Waals surface area (Å²) in [5.74, 6) is 1.67. The van der Waals surface area contributed by atoms with Crippen LogP contribution in [0.3, 0.4) is 0 Å². The molecular formula is C25H26N4O3S. The van der Waals surface area contributed by atoms with Crippen LogP contribution in [0.4, 0.5) is 5.69 Å². The monoisotopic (exact) mass is 462 g/mol. The molecule has 1 aromatic heterocycles. The summed E-state index contributed by atoms with van der Waals surface area (Å²) in [7, 11) is 0. The molecule has 0 bridgehead atoms. The second kappa shape index (κ2) is 10.1. The maximum Gasteiger partial charge on any atom is 0.231 e. The van der Waals surface area contributed by atoms with Crippen LogP contribution in [0.25, 0.3) is 11.3 Å². The van der Waals surface area contributed by atoms with Crippen molar-refractivity contribution >= 4 is 23.4 Å². The van der Waals surface area contributed by atoms with Crippen LogP contribution in [-0.4, -0.2) is 41.7 Å². The molecule has 8 heteroatoms. The van der Waals surface area contributed by atoms with Gasteiger partial charge in [0, 0.05) is 30.9 Å². The smallest absolute Gasteiger partial charge is 0.231 e. The molecule has 3 heterocycles. The Balaban J connectivity index is 1.10. The average Bonchev–Trinajstić information content (AvgIpc) is 3.35. The number of ether oxygens (including phenoxy) is 2. The minimum absolute atomic E-state index is 0.0585. The predicted molar refractivity (Wildman–Crippen MR) is 129 cm³/mol. The molecule has 1 amide bonds. The lowest BCUT2D eigenvalue weighted by molar-refractivity contribution is -0.118. The Labute approximate surface area is 197 Å². The van der Waals surface area contributed by atoms with Gasteiger partial charge in [0.05, 0.1) is 11.4 Å². The lowest BCUT2D eigenvalue weighted by Gasteiger charge is -2.28. The lowest BCUT2D eigenvalue weighted by atomic mass is 10.1. The van der Waals surface area contributed by atoms with Gasteiger partial charge in [-0.25, -0.2) is 0 Å². The second-order valence-corrected chi connectivity index (χ2v) is 9.10. The number of anilines is 1. The number of hydrogen-bond acceptors (Lipinski definition) is 7. The van der Waals surface area contributed by atoms with Crippen molar-refractivity contribution in [3.05, 3.63) is 60.2 Å². The fourth-order valence-electron chi connectivity index (χ4n) is 3.99. The maximum atomic E-state index is 12.2. The SMILES string of the molecule is O=C(CSc1ccc(-c2ccc(N3CCCCC3)cc2)nn1)NCc1ccc2c(c1)OCO2. The molecule has 170 valence electrons. The molecule has 3 aromatic rings. The highest BCUT2D eigenvalue weighted by molar-refractivity contribution is 7.99. The molecule has 1 fully saturated rings. The first kappa shape index (κ1) is 21.6. The van der Waals surface area contributed by atoms with Crippen LogP contribution in [0, 0.1) is 0 Å². The molecule has 33 heavy (non-hydrogen) atoms. The van der Waals surface area contributed by atoms with Crippen LogP contribution in [0.15, 0.2) is 59.6 Å². The van der Waals surface area contributed by atoms with Crippen LogP contribution in [0.1, 0.15) is 24.8 Å². The van der Waals surface area contributed by atoms with Crippen molar-refractivity contribution in [2.24, 2.45) is 0 Å². The number of carbonyl (C=O) groups is 1. The van der Waals surface area contributed by atoms with Crippen molar-refractivity contribution in [2.45, 2.75) is 30.8 Å². The zero-order valence-electron chi connectivity index (χ0n) is 18.3. The first-order valence-electron chi connectivity index (χ1n) is 11.2. The van der Waals surface area contributed by atoms with Gasteiger partial charge in [-0.2, -0.15) is 0 Å². The van der Waals surface area contributed by atoms with Gasteiger partial charge in [-0.05, 0) is 61.2 Å². The largest absolute Gasteiger partial charge is 0.454 e. The number of amides is 1. The summed E-state index contributed by atoms with van der Waals surface area (Å²) in [6.07, 6.45) is 3.86. The molecule has 0 atom stereocenters. The molecule has 2 aromatic carbocycles. The van der Waals surface area contributed by atoms with Gasteiger partial charge in [-0.15, -0.1) is 10.2 Å². The minimum atomic E-state index is -0.0585. The second-order valence-electron chi connectivity index (χ2n) is 8.10. The molecule has 5 rings (SSSR count). The number of nitrogens with one attached hydrogen (secondary N) is 1. The first-order chi connectivity index (χ1) is 16.2. The Morgan fingerprint density at radius 1 is 0.939 bits per heavy atom. The third-order valence-electron chi connectivity index (χ3n) is 5.80. The summed E-state index contributed by atoms with van der Waals surface area (Å²) in [6.45, 7) is 2.95. The molecule has 7 nitrogen and oxygen atoms in total. The number of rotatable bonds is 7. The highest BCUT2D eigenvalue weighted by atomic mass is 32.2. The summed E-state index contributed by atoms with van der Waals surface area (Å²) in [5, 5.41) is 12.3. The third kappa shape index (κ3) is 5.39. The molecule has 1 saturated heterocycles. The zero-order valence-corrected chi connectivity index (χ0v) is 19.1. The number of nitrogens with zero attached hydrogens (tertiary/aromatic N) is 3. The van der Waals surface area contributed by atoms with Gasteiger partial charge < -0.3 is 19.7 Å². The van der Waals surface area contributed by atoms with Gasteiger partial charge in [0.2, 0.25) is 12.7 Å². The summed E-state index contributed by atoms with van der Waals surface area (Å²) in [5.41, 5.74) is 4.11. The fraction of sp³-hybridized carbons (Fsp3) is 0.320. The van der Waals surface area contributed by atoms with E-state index in [4.69, 9.17) is 9.47 Å². The van der Waals surface area contributed by atoms with E-state index in [-0.39, 0.29) is 18.5 Å². The van der Waals surface area contributed by atoms with Crippen LogP contribution < -0.4 is 19.7 Å². The summed E-state index contributed by atoms with van der Waals surface area (Å²) >= 11 is 1.37. The summed E-state index contributed by atoms with van der Waals surface area (Å²) in [4.78, 5) is 14.7. The number of benzene rings is 2. The summed E-state index contributed by atoms with van der Waals surface area (Å²) < 4.78 is 10.7. The van der Waals surface area contributed by atoms with E-state index < -0.39 is 0 Å². The van der Waals surface area contributed by atoms with Crippen molar-refractivity contribution in [2.75, 3.05) is 30.5 Å². The highest BCUT2D eigenvalue weighted by Crippen LogP contribution is 2.32. The van der Waals surface area contributed by atoms with E-state index in [0.717, 1.165) is 40.7 Å². The van der Waals surface area contributed by atoms with E-state index in [1.807, 2.05) is 30.3 Å². The van der Waals surface area contributed by atoms with E-state index in [1.165, 1.54) is 36.7 Å². The Morgan fingerprint density at radius 2 is 1.76 bits per heavy atom. The van der Waals surface area contributed by atoms with Crippen molar-refractivity contribution in [1.82, 2.24) is 15.5 Å². The van der Waals surface area contributed by atoms with Gasteiger partial charge >= 0.3 is 0 Å². The number of carbonyl (C=O) groups excluding carboxylic acids is 1. The van der Waals surface area contributed by atoms with Crippen LogP contribution in [0.5, 0.6) is 11.5 Å². The molecule has 2 aliphatic rings. The van der Waals surface area contributed by atoms with Gasteiger partial charge in [0.1, 0.15) is 5.03 Å². The highest BCUT2D eigenvalue weighted by Gasteiger charge is 2.14. The molecule has 1 N–H and O–H groups in total. The van der Waals surface area contributed by atoms with Gasteiger partial charge in [-0.1, -0.05) is 30.0 Å². The molecule has 0 unspecified atom stereocenters. The summed E-state index contributed by atoms with van der Waals surface area (Å²) in [6, 6.07) is 18.1. The Hall–Kier alpha value is -3.26. The maximum absolute atomic E-state index is 12.2. The van der Waals surface area contributed by atoms with Gasteiger partial charge in [0.15, 0.2) is 11.5 Å². The van der Waals surface area contributed by atoms with Crippen LogP contribution in [0.2, 0.25) is 0 Å². The van der Waals surface area contributed by atoms with E-state index in [2.05, 4.69) is 44.7 Å². The molecule has 0 aliphatic carbocycles. The zero-order chi connectivity index (χ0) is 22.5.